The SMILES string of the molecule is Cc1ccc(C(=O)O)cc1Nc1cnn(C)c1. The van der Waals surface area contributed by atoms with E-state index in [1.54, 1.807) is 29.1 Å². The molecule has 2 aromatic rings. The van der Waals surface area contributed by atoms with Gasteiger partial charge in [-0.15, -0.1) is 0 Å². The zero-order valence-electron chi connectivity index (χ0n) is 9.64. The van der Waals surface area contributed by atoms with Gasteiger partial charge in [0.1, 0.15) is 0 Å². The van der Waals surface area contributed by atoms with Gasteiger partial charge in [-0.1, -0.05) is 6.07 Å². The molecule has 0 amide bonds. The number of aromatic nitrogens is 2. The Morgan fingerprint density at radius 1 is 1.47 bits per heavy atom. The van der Waals surface area contributed by atoms with Crippen molar-refractivity contribution >= 4 is 17.3 Å². The van der Waals surface area contributed by atoms with Crippen LogP contribution in [0.5, 0.6) is 0 Å². The fourth-order valence-corrected chi connectivity index (χ4v) is 1.53. The normalized spacial score (nSPS) is 10.2. The number of aromatic carboxylic acids is 1. The van der Waals surface area contributed by atoms with Crippen molar-refractivity contribution in [3.63, 3.8) is 0 Å². The molecule has 88 valence electrons. The van der Waals surface area contributed by atoms with Crippen molar-refractivity contribution in [3.8, 4) is 0 Å². The summed E-state index contributed by atoms with van der Waals surface area (Å²) in [5, 5.41) is 16.1. The summed E-state index contributed by atoms with van der Waals surface area (Å²) >= 11 is 0. The molecule has 0 aliphatic heterocycles. The topological polar surface area (TPSA) is 67.2 Å². The Morgan fingerprint density at radius 3 is 2.82 bits per heavy atom. The largest absolute Gasteiger partial charge is 0.478 e. The zero-order chi connectivity index (χ0) is 12.4. The lowest BCUT2D eigenvalue weighted by Crippen LogP contribution is -1.99. The lowest BCUT2D eigenvalue weighted by Gasteiger charge is -2.08. The number of nitrogens with zero attached hydrogens (tertiary/aromatic N) is 2. The van der Waals surface area contributed by atoms with Gasteiger partial charge in [0.2, 0.25) is 0 Å². The fourth-order valence-electron chi connectivity index (χ4n) is 1.53. The molecular weight excluding hydrogens is 218 g/mol. The lowest BCUT2D eigenvalue weighted by atomic mass is 10.1. The maximum atomic E-state index is 10.9. The maximum absolute atomic E-state index is 10.9. The predicted molar refractivity (Wildman–Crippen MR) is 64.6 cm³/mol. The average Bonchev–Trinajstić information content (AvgIpc) is 2.67. The van der Waals surface area contributed by atoms with Gasteiger partial charge in [-0.3, -0.25) is 4.68 Å². The van der Waals surface area contributed by atoms with E-state index in [1.807, 2.05) is 20.2 Å². The first-order valence-electron chi connectivity index (χ1n) is 5.16. The molecule has 0 atom stereocenters. The van der Waals surface area contributed by atoms with Crippen LogP contribution >= 0.6 is 0 Å². The van der Waals surface area contributed by atoms with Crippen LogP contribution < -0.4 is 5.32 Å². The maximum Gasteiger partial charge on any atom is 0.335 e. The van der Waals surface area contributed by atoms with E-state index >= 15 is 0 Å². The van der Waals surface area contributed by atoms with E-state index in [4.69, 9.17) is 5.11 Å². The number of nitrogens with one attached hydrogen (secondary N) is 1. The van der Waals surface area contributed by atoms with E-state index in [0.29, 0.717) is 0 Å². The molecule has 1 aromatic heterocycles. The van der Waals surface area contributed by atoms with Gasteiger partial charge in [0.15, 0.2) is 0 Å². The number of hydrogen-bond donors (Lipinski definition) is 2. The van der Waals surface area contributed by atoms with Crippen molar-refractivity contribution in [1.82, 2.24) is 9.78 Å². The van der Waals surface area contributed by atoms with Crippen LogP contribution in [0.1, 0.15) is 15.9 Å². The Morgan fingerprint density at radius 2 is 2.24 bits per heavy atom. The molecule has 0 bridgehead atoms. The van der Waals surface area contributed by atoms with Gasteiger partial charge < -0.3 is 10.4 Å². The number of anilines is 2. The first-order chi connectivity index (χ1) is 8.06. The van der Waals surface area contributed by atoms with Gasteiger partial charge in [0.25, 0.3) is 0 Å². The standard InChI is InChI=1S/C12H13N3O2/c1-8-3-4-9(12(16)17)5-11(8)14-10-6-13-15(2)7-10/h3-7,14H,1-2H3,(H,16,17). The van der Waals surface area contributed by atoms with E-state index in [0.717, 1.165) is 16.9 Å². The molecule has 0 aliphatic carbocycles. The molecule has 0 saturated carbocycles. The molecule has 0 saturated heterocycles. The van der Waals surface area contributed by atoms with Crippen LogP contribution in [0.2, 0.25) is 0 Å². The Bertz CT molecular complexity index is 561. The van der Waals surface area contributed by atoms with Crippen molar-refractivity contribution in [3.05, 3.63) is 41.7 Å². The highest BCUT2D eigenvalue weighted by Gasteiger charge is 2.06. The number of aryl methyl sites for hydroxylation is 2. The monoisotopic (exact) mass is 231 g/mol. The molecule has 0 unspecified atom stereocenters. The third-order valence-corrected chi connectivity index (χ3v) is 2.47. The molecule has 2 N–H and O–H groups in total. The molecule has 0 radical (unpaired) electrons. The number of rotatable bonds is 3. The van der Waals surface area contributed by atoms with E-state index < -0.39 is 5.97 Å². The summed E-state index contributed by atoms with van der Waals surface area (Å²) in [5.74, 6) is -0.931. The van der Waals surface area contributed by atoms with Crippen LogP contribution in [0.15, 0.2) is 30.6 Å². The summed E-state index contributed by atoms with van der Waals surface area (Å²) in [6.45, 7) is 1.92. The first-order valence-corrected chi connectivity index (χ1v) is 5.16. The third-order valence-electron chi connectivity index (χ3n) is 2.47. The minimum absolute atomic E-state index is 0.266. The van der Waals surface area contributed by atoms with Crippen LogP contribution in [0, 0.1) is 6.92 Å². The molecular formula is C12H13N3O2. The van der Waals surface area contributed by atoms with Crippen molar-refractivity contribution in [2.24, 2.45) is 7.05 Å². The minimum Gasteiger partial charge on any atom is -0.478 e. The molecule has 5 nitrogen and oxygen atoms in total. The van der Waals surface area contributed by atoms with Crippen LogP contribution in [0.25, 0.3) is 0 Å². The highest BCUT2D eigenvalue weighted by Crippen LogP contribution is 2.21. The Hall–Kier alpha value is -2.30. The van der Waals surface area contributed by atoms with Crippen LogP contribution in [-0.4, -0.2) is 20.9 Å². The summed E-state index contributed by atoms with van der Waals surface area (Å²) in [7, 11) is 1.83. The van der Waals surface area contributed by atoms with Gasteiger partial charge in [-0.05, 0) is 24.6 Å². The molecule has 0 aliphatic rings. The molecule has 1 heterocycles. The summed E-state index contributed by atoms with van der Waals surface area (Å²) in [6.07, 6.45) is 3.51. The van der Waals surface area contributed by atoms with Crippen LogP contribution in [0.3, 0.4) is 0 Å². The number of hydrogen-bond acceptors (Lipinski definition) is 3. The second-order valence-corrected chi connectivity index (χ2v) is 3.86. The number of carbonyl (C=O) groups is 1. The molecule has 0 spiro atoms. The van der Waals surface area contributed by atoms with Gasteiger partial charge in [0, 0.05) is 18.9 Å². The van der Waals surface area contributed by atoms with E-state index in [1.165, 1.54) is 0 Å². The van der Waals surface area contributed by atoms with E-state index in [2.05, 4.69) is 10.4 Å². The summed E-state index contributed by atoms with van der Waals surface area (Å²) in [6, 6.07) is 4.99. The number of carboxylic acids is 1. The third kappa shape index (κ3) is 2.44. The second-order valence-electron chi connectivity index (χ2n) is 3.86. The minimum atomic E-state index is -0.931. The smallest absolute Gasteiger partial charge is 0.335 e. The van der Waals surface area contributed by atoms with Crippen LogP contribution in [-0.2, 0) is 7.05 Å². The van der Waals surface area contributed by atoms with Crippen molar-refractivity contribution in [2.45, 2.75) is 6.92 Å². The van der Waals surface area contributed by atoms with Crippen LogP contribution in [0.4, 0.5) is 11.4 Å². The lowest BCUT2D eigenvalue weighted by molar-refractivity contribution is 0.0697. The molecule has 1 aromatic carbocycles. The highest BCUT2D eigenvalue weighted by atomic mass is 16.4. The van der Waals surface area contributed by atoms with E-state index in [-0.39, 0.29) is 5.56 Å². The van der Waals surface area contributed by atoms with Gasteiger partial charge in [-0.25, -0.2) is 4.79 Å². The summed E-state index contributed by atoms with van der Waals surface area (Å²) in [5.41, 5.74) is 2.86. The quantitative estimate of drug-likeness (QED) is 0.849. The molecule has 17 heavy (non-hydrogen) atoms. The van der Waals surface area contributed by atoms with Gasteiger partial charge >= 0.3 is 5.97 Å². The average molecular weight is 231 g/mol. The number of benzene rings is 1. The second kappa shape index (κ2) is 4.29. The van der Waals surface area contributed by atoms with Crippen molar-refractivity contribution < 1.29 is 9.90 Å². The van der Waals surface area contributed by atoms with Gasteiger partial charge in [-0.2, -0.15) is 5.10 Å². The zero-order valence-corrected chi connectivity index (χ0v) is 9.64. The number of carboxylic acid groups (broad SMARTS) is 1. The van der Waals surface area contributed by atoms with E-state index in [9.17, 15) is 4.79 Å². The van der Waals surface area contributed by atoms with Crippen molar-refractivity contribution in [1.29, 1.82) is 0 Å². The Labute approximate surface area is 98.7 Å². The Kier molecular flexibility index (Phi) is 2.82. The highest BCUT2D eigenvalue weighted by molar-refractivity contribution is 5.89. The van der Waals surface area contributed by atoms with Crippen molar-refractivity contribution in [2.75, 3.05) is 5.32 Å². The predicted octanol–water partition coefficient (Wildman–Crippen LogP) is 2.17. The summed E-state index contributed by atoms with van der Waals surface area (Å²) < 4.78 is 1.68. The first kappa shape index (κ1) is 11.2. The fraction of sp³-hybridized carbons (Fsp3) is 0.167. The summed E-state index contributed by atoms with van der Waals surface area (Å²) in [4.78, 5) is 10.9. The molecule has 2 rings (SSSR count). The Balaban J connectivity index is 2.31. The molecule has 0 fully saturated rings. The van der Waals surface area contributed by atoms with Gasteiger partial charge in [0.05, 0.1) is 17.4 Å². The molecule has 5 heteroatoms.